The number of rotatable bonds is 12. The lowest BCUT2D eigenvalue weighted by Crippen LogP contribution is -2.23. The minimum atomic E-state index is -0.708. The van der Waals surface area contributed by atoms with Gasteiger partial charge >= 0.3 is 5.97 Å². The molecule has 4 atom stereocenters. The number of hydrogen-bond donors (Lipinski definition) is 2. The quantitative estimate of drug-likeness (QED) is 0.174. The topological polar surface area (TPSA) is 70.4 Å². The highest BCUT2D eigenvalue weighted by molar-refractivity contribution is 7.99. The number of thioether (sulfide) groups is 1. The summed E-state index contributed by atoms with van der Waals surface area (Å²) >= 11 is 7.91. The average molecular weight is 586 g/mol. The monoisotopic (exact) mass is 585 g/mol. The van der Waals surface area contributed by atoms with E-state index in [0.717, 1.165) is 51.9 Å². The molecule has 5 rings (SSSR count). The predicted octanol–water partition coefficient (Wildman–Crippen LogP) is 8.84. The molecule has 1 aromatic heterocycles. The lowest BCUT2D eigenvalue weighted by Gasteiger charge is -2.26. The first-order valence-corrected chi connectivity index (χ1v) is 15.6. The Labute approximate surface area is 251 Å². The van der Waals surface area contributed by atoms with Gasteiger partial charge in [0.15, 0.2) is 0 Å². The molecule has 4 unspecified atom stereocenters. The fraction of sp³-hybridized carbons (Fsp3) is 0.314. The first-order chi connectivity index (χ1) is 19.8. The van der Waals surface area contributed by atoms with E-state index in [2.05, 4.69) is 43.3 Å². The molecule has 0 amide bonds. The van der Waals surface area contributed by atoms with Crippen molar-refractivity contribution in [1.82, 2.24) is 4.98 Å². The second-order valence-corrected chi connectivity index (χ2v) is 12.8. The molecule has 0 spiro atoms. The van der Waals surface area contributed by atoms with Crippen molar-refractivity contribution in [3.8, 4) is 0 Å². The van der Waals surface area contributed by atoms with Crippen LogP contribution >= 0.6 is 23.4 Å². The summed E-state index contributed by atoms with van der Waals surface area (Å²) in [6, 6.07) is 26.4. The molecule has 1 heterocycles. The highest BCUT2D eigenvalue weighted by Gasteiger charge is 2.42. The molecule has 2 N–H and O–H groups in total. The third kappa shape index (κ3) is 7.40. The Morgan fingerprint density at radius 3 is 2.34 bits per heavy atom. The van der Waals surface area contributed by atoms with Gasteiger partial charge in [-0.05, 0) is 71.2 Å². The second kappa shape index (κ2) is 13.2. The number of hydrogen-bond acceptors (Lipinski definition) is 4. The molecule has 41 heavy (non-hydrogen) atoms. The molecule has 0 aliphatic heterocycles. The number of carboxylic acid groups (broad SMARTS) is 1. The number of carbonyl (C=O) groups is 1. The largest absolute Gasteiger partial charge is 0.481 e. The summed E-state index contributed by atoms with van der Waals surface area (Å²) in [5, 5.41) is 21.3. The van der Waals surface area contributed by atoms with Crippen LogP contribution in [0.25, 0.3) is 23.1 Å². The van der Waals surface area contributed by atoms with Crippen molar-refractivity contribution < 1.29 is 15.0 Å². The van der Waals surface area contributed by atoms with Gasteiger partial charge in [-0.1, -0.05) is 92.2 Å². The second-order valence-electron chi connectivity index (χ2n) is 11.2. The number of benzene rings is 3. The van der Waals surface area contributed by atoms with Crippen LogP contribution in [0, 0.1) is 11.8 Å². The maximum Gasteiger partial charge on any atom is 0.308 e. The fourth-order valence-electron chi connectivity index (χ4n) is 5.26. The van der Waals surface area contributed by atoms with Gasteiger partial charge in [-0.2, -0.15) is 11.8 Å². The first-order valence-electron chi connectivity index (χ1n) is 14.2. The summed E-state index contributed by atoms with van der Waals surface area (Å²) in [4.78, 5) is 17.2. The molecule has 0 bridgehead atoms. The van der Waals surface area contributed by atoms with Crippen LogP contribution < -0.4 is 0 Å². The Morgan fingerprint density at radius 2 is 1.66 bits per heavy atom. The van der Waals surface area contributed by atoms with Gasteiger partial charge in [-0.15, -0.1) is 0 Å². The van der Waals surface area contributed by atoms with Crippen LogP contribution in [0.1, 0.15) is 71.7 Å². The van der Waals surface area contributed by atoms with E-state index in [1.54, 1.807) is 11.8 Å². The Balaban J connectivity index is 1.36. The van der Waals surface area contributed by atoms with E-state index >= 15 is 0 Å². The van der Waals surface area contributed by atoms with Crippen LogP contribution in [-0.4, -0.2) is 33.5 Å². The zero-order valence-electron chi connectivity index (χ0n) is 23.4. The number of fused-ring (bicyclic) bond motifs is 1. The number of aromatic nitrogens is 1. The molecular weight excluding hydrogens is 550 g/mol. The van der Waals surface area contributed by atoms with E-state index in [1.165, 1.54) is 5.56 Å². The fourth-order valence-corrected chi connectivity index (χ4v) is 7.00. The molecule has 4 nitrogen and oxygen atoms in total. The van der Waals surface area contributed by atoms with Gasteiger partial charge in [0, 0.05) is 33.9 Å². The van der Waals surface area contributed by atoms with Crippen molar-refractivity contribution >= 4 is 52.4 Å². The van der Waals surface area contributed by atoms with Crippen LogP contribution in [-0.2, 0) is 4.79 Å². The minimum Gasteiger partial charge on any atom is -0.481 e. The van der Waals surface area contributed by atoms with Gasteiger partial charge in [-0.25, -0.2) is 4.98 Å². The molecule has 212 valence electrons. The normalized spacial score (nSPS) is 16.5. The number of aliphatic hydroxyl groups is 1. The van der Waals surface area contributed by atoms with Crippen LogP contribution in [0.5, 0.6) is 0 Å². The van der Waals surface area contributed by atoms with Crippen molar-refractivity contribution in [3.05, 3.63) is 112 Å². The van der Waals surface area contributed by atoms with Gasteiger partial charge in [0.2, 0.25) is 0 Å². The molecule has 4 aromatic rings. The third-order valence-corrected chi connectivity index (χ3v) is 9.83. The molecule has 1 aliphatic carbocycles. The van der Waals surface area contributed by atoms with Crippen LogP contribution in [0.2, 0.25) is 5.02 Å². The Hall–Kier alpha value is -3.12. The predicted molar refractivity (Wildman–Crippen MR) is 172 cm³/mol. The highest BCUT2D eigenvalue weighted by Crippen LogP contribution is 2.49. The smallest absolute Gasteiger partial charge is 0.308 e. The third-order valence-electron chi connectivity index (χ3n) is 7.98. The molecule has 1 saturated carbocycles. The van der Waals surface area contributed by atoms with Gasteiger partial charge in [-0.3, -0.25) is 4.79 Å². The maximum atomic E-state index is 12.5. The van der Waals surface area contributed by atoms with Gasteiger partial charge < -0.3 is 10.2 Å². The van der Waals surface area contributed by atoms with Gasteiger partial charge in [0.25, 0.3) is 0 Å². The maximum absolute atomic E-state index is 12.5. The highest BCUT2D eigenvalue weighted by atomic mass is 35.5. The van der Waals surface area contributed by atoms with E-state index in [1.807, 2.05) is 61.5 Å². The molecule has 6 heteroatoms. The van der Waals surface area contributed by atoms with Crippen molar-refractivity contribution in [2.75, 3.05) is 12.4 Å². The lowest BCUT2D eigenvalue weighted by molar-refractivity contribution is -0.142. The molecule has 1 fully saturated rings. The van der Waals surface area contributed by atoms with Crippen molar-refractivity contribution in [2.24, 2.45) is 11.8 Å². The van der Waals surface area contributed by atoms with E-state index in [4.69, 9.17) is 16.6 Å². The van der Waals surface area contributed by atoms with Crippen LogP contribution in [0.4, 0.5) is 0 Å². The summed E-state index contributed by atoms with van der Waals surface area (Å²) in [6.45, 7) is 4.34. The van der Waals surface area contributed by atoms with E-state index < -0.39 is 11.9 Å². The van der Waals surface area contributed by atoms with Gasteiger partial charge in [0.1, 0.15) is 0 Å². The summed E-state index contributed by atoms with van der Waals surface area (Å²) in [7, 11) is 0. The number of aliphatic carboxylic acids is 1. The molecular formula is C35H36ClNO3S. The zero-order valence-corrected chi connectivity index (χ0v) is 25.0. The Morgan fingerprint density at radius 1 is 0.951 bits per heavy atom. The molecule has 0 saturated heterocycles. The Kier molecular flexibility index (Phi) is 9.49. The van der Waals surface area contributed by atoms with Crippen LogP contribution in [0.3, 0.4) is 0 Å². The van der Waals surface area contributed by atoms with Crippen molar-refractivity contribution in [1.29, 1.82) is 0 Å². The number of nitrogens with zero attached hydrogens (tertiary/aromatic N) is 1. The summed E-state index contributed by atoms with van der Waals surface area (Å²) in [5.74, 6) is 0.313. The minimum absolute atomic E-state index is 0.116. The molecule has 1 aliphatic rings. The number of halogens is 1. The van der Waals surface area contributed by atoms with Gasteiger partial charge in [0.05, 0.1) is 17.1 Å². The van der Waals surface area contributed by atoms with Crippen LogP contribution in [0.15, 0.2) is 78.9 Å². The van der Waals surface area contributed by atoms with Crippen molar-refractivity contribution in [2.45, 2.75) is 43.8 Å². The Bertz CT molecular complexity index is 1530. The van der Waals surface area contributed by atoms with E-state index in [0.29, 0.717) is 5.02 Å². The zero-order chi connectivity index (χ0) is 28.9. The van der Waals surface area contributed by atoms with E-state index in [9.17, 15) is 15.0 Å². The molecule has 3 aromatic carbocycles. The SMILES string of the molecule is CC(CO)c1ccc(C(C)CSC(c2cccc(C=Cc3ccc4ccc(Cl)cc4n3)c2)C(C(=O)O)C2CC2)cc1. The average Bonchev–Trinajstić information content (AvgIpc) is 3.82. The summed E-state index contributed by atoms with van der Waals surface area (Å²) in [6.07, 6.45) is 5.98. The lowest BCUT2D eigenvalue weighted by atomic mass is 9.93. The first kappa shape index (κ1) is 29.4. The molecule has 0 radical (unpaired) electrons. The number of carboxylic acids is 1. The van der Waals surface area contributed by atoms with E-state index in [-0.39, 0.29) is 29.6 Å². The summed E-state index contributed by atoms with van der Waals surface area (Å²) < 4.78 is 0. The standard InChI is InChI=1S/C35H36ClNO3S/c1-22(20-38)25-7-9-26(10-8-25)23(2)21-41-34(33(35(39)40)28-11-12-28)29-5-3-4-24(18-29)6-16-31-17-14-27-13-15-30(36)19-32(27)37-31/h3-10,13-19,22-23,28,33-34,38H,11-12,20-21H2,1-2H3,(H,39,40). The number of aliphatic hydroxyl groups excluding tert-OH is 1. The summed E-state index contributed by atoms with van der Waals surface area (Å²) in [5.41, 5.74) is 6.11. The number of pyridine rings is 1. The van der Waals surface area contributed by atoms with Crippen molar-refractivity contribution in [3.63, 3.8) is 0 Å².